The topological polar surface area (TPSA) is 79.5 Å². The predicted octanol–water partition coefficient (Wildman–Crippen LogP) is 2.90. The fourth-order valence-corrected chi connectivity index (χ4v) is 2.96. The second-order valence-corrected chi connectivity index (χ2v) is 6.82. The highest BCUT2D eigenvalue weighted by molar-refractivity contribution is 7.99. The Kier molecular flexibility index (Phi) is 7.63. The van der Waals surface area contributed by atoms with Crippen LogP contribution >= 0.6 is 23.4 Å². The summed E-state index contributed by atoms with van der Waals surface area (Å²) in [7, 11) is 1.73. The molecule has 0 bridgehead atoms. The van der Waals surface area contributed by atoms with E-state index >= 15 is 0 Å². The van der Waals surface area contributed by atoms with Crippen LogP contribution in [0.2, 0.25) is 5.02 Å². The number of nitrogens with one attached hydrogen (secondary N) is 2. The van der Waals surface area contributed by atoms with E-state index in [9.17, 15) is 4.79 Å². The van der Waals surface area contributed by atoms with Crippen LogP contribution in [0.15, 0.2) is 58.4 Å². The number of halogens is 1. The van der Waals surface area contributed by atoms with E-state index in [-0.39, 0.29) is 0 Å². The lowest BCUT2D eigenvalue weighted by molar-refractivity contribution is 0.100. The molecule has 0 aliphatic rings. The van der Waals surface area contributed by atoms with Gasteiger partial charge in [-0.3, -0.25) is 9.79 Å². The Bertz CT molecular complexity index is 717. The molecular weight excluding hydrogens is 356 g/mol. The van der Waals surface area contributed by atoms with Gasteiger partial charge in [-0.25, -0.2) is 0 Å². The molecule has 25 heavy (non-hydrogen) atoms. The predicted molar refractivity (Wildman–Crippen MR) is 105 cm³/mol. The van der Waals surface area contributed by atoms with Crippen molar-refractivity contribution in [2.24, 2.45) is 10.7 Å². The van der Waals surface area contributed by atoms with E-state index < -0.39 is 5.91 Å². The lowest BCUT2D eigenvalue weighted by atomic mass is 10.1. The van der Waals surface area contributed by atoms with E-state index in [0.717, 1.165) is 28.8 Å². The summed E-state index contributed by atoms with van der Waals surface area (Å²) in [6.07, 6.45) is 0. The molecule has 0 atom stereocenters. The molecule has 0 saturated heterocycles. The van der Waals surface area contributed by atoms with E-state index in [4.69, 9.17) is 17.3 Å². The second kappa shape index (κ2) is 9.96. The van der Waals surface area contributed by atoms with Crippen molar-refractivity contribution in [1.29, 1.82) is 0 Å². The highest BCUT2D eigenvalue weighted by atomic mass is 35.5. The van der Waals surface area contributed by atoms with Crippen molar-refractivity contribution < 1.29 is 4.79 Å². The molecule has 0 aromatic heterocycles. The van der Waals surface area contributed by atoms with Crippen LogP contribution < -0.4 is 16.4 Å². The smallest absolute Gasteiger partial charge is 0.248 e. The van der Waals surface area contributed by atoms with Crippen LogP contribution in [0.5, 0.6) is 0 Å². The highest BCUT2D eigenvalue weighted by Gasteiger charge is 2.02. The summed E-state index contributed by atoms with van der Waals surface area (Å²) < 4.78 is 0. The standard InChI is InChI=1S/C18H21ClN4OS/c1-21-18(22-10-11-25-16-8-6-15(19)7-9-16)23-12-13-2-4-14(5-3-13)17(20)24/h2-9H,10-12H2,1H3,(H2,20,24)(H2,21,22,23). The minimum Gasteiger partial charge on any atom is -0.366 e. The number of primary amides is 1. The number of rotatable bonds is 7. The van der Waals surface area contributed by atoms with Gasteiger partial charge in [0.2, 0.25) is 5.91 Å². The molecule has 132 valence electrons. The average Bonchev–Trinajstić information content (AvgIpc) is 2.63. The Morgan fingerprint density at radius 3 is 2.40 bits per heavy atom. The molecule has 0 aliphatic carbocycles. The summed E-state index contributed by atoms with van der Waals surface area (Å²) in [6, 6.07) is 15.0. The van der Waals surface area contributed by atoms with Crippen molar-refractivity contribution in [3.8, 4) is 0 Å². The molecule has 4 N–H and O–H groups in total. The molecule has 0 aliphatic heterocycles. The molecule has 1 amide bonds. The van der Waals surface area contributed by atoms with Crippen LogP contribution in [0.3, 0.4) is 0 Å². The van der Waals surface area contributed by atoms with Crippen molar-refractivity contribution in [2.45, 2.75) is 11.4 Å². The summed E-state index contributed by atoms with van der Waals surface area (Å²) >= 11 is 7.63. The van der Waals surface area contributed by atoms with Gasteiger partial charge in [0.05, 0.1) is 0 Å². The van der Waals surface area contributed by atoms with Gasteiger partial charge in [0.15, 0.2) is 5.96 Å². The van der Waals surface area contributed by atoms with Crippen molar-refractivity contribution in [1.82, 2.24) is 10.6 Å². The van der Waals surface area contributed by atoms with Gasteiger partial charge < -0.3 is 16.4 Å². The van der Waals surface area contributed by atoms with Gasteiger partial charge in [0, 0.05) is 41.4 Å². The van der Waals surface area contributed by atoms with Crippen molar-refractivity contribution in [3.63, 3.8) is 0 Å². The largest absolute Gasteiger partial charge is 0.366 e. The first-order valence-electron chi connectivity index (χ1n) is 7.80. The number of hydrogen-bond acceptors (Lipinski definition) is 3. The third-order valence-electron chi connectivity index (χ3n) is 3.40. The molecule has 0 fully saturated rings. The zero-order valence-corrected chi connectivity index (χ0v) is 15.5. The van der Waals surface area contributed by atoms with Gasteiger partial charge in [-0.15, -0.1) is 11.8 Å². The Balaban J connectivity index is 1.71. The summed E-state index contributed by atoms with van der Waals surface area (Å²) in [5, 5.41) is 7.25. The Morgan fingerprint density at radius 1 is 1.12 bits per heavy atom. The molecule has 0 spiro atoms. The summed E-state index contributed by atoms with van der Waals surface area (Å²) in [5.74, 6) is 1.22. The third kappa shape index (κ3) is 6.68. The maximum atomic E-state index is 11.1. The second-order valence-electron chi connectivity index (χ2n) is 5.22. The average molecular weight is 377 g/mol. The van der Waals surface area contributed by atoms with Gasteiger partial charge in [-0.05, 0) is 42.0 Å². The molecular formula is C18H21ClN4OS. The Labute approximate surface area is 157 Å². The van der Waals surface area contributed by atoms with Crippen LogP contribution in [-0.2, 0) is 6.54 Å². The number of amides is 1. The van der Waals surface area contributed by atoms with Crippen LogP contribution in [-0.4, -0.2) is 31.2 Å². The van der Waals surface area contributed by atoms with E-state index in [0.29, 0.717) is 12.1 Å². The maximum absolute atomic E-state index is 11.1. The fourth-order valence-electron chi connectivity index (χ4n) is 2.06. The minimum absolute atomic E-state index is 0.421. The molecule has 0 saturated carbocycles. The van der Waals surface area contributed by atoms with Gasteiger partial charge >= 0.3 is 0 Å². The lowest BCUT2D eigenvalue weighted by Gasteiger charge is -2.12. The van der Waals surface area contributed by atoms with E-state index in [1.54, 1.807) is 30.9 Å². The zero-order valence-electron chi connectivity index (χ0n) is 14.0. The summed E-state index contributed by atoms with van der Waals surface area (Å²) in [6.45, 7) is 1.40. The Hall–Kier alpha value is -2.18. The molecule has 2 rings (SSSR count). The van der Waals surface area contributed by atoms with Crippen LogP contribution in [0.25, 0.3) is 0 Å². The number of nitrogens with two attached hydrogens (primary N) is 1. The number of benzene rings is 2. The first kappa shape index (κ1) is 19.1. The lowest BCUT2D eigenvalue weighted by Crippen LogP contribution is -2.37. The molecule has 2 aromatic carbocycles. The summed E-state index contributed by atoms with van der Waals surface area (Å²) in [4.78, 5) is 16.4. The number of hydrogen-bond donors (Lipinski definition) is 3. The molecule has 2 aromatic rings. The normalized spacial score (nSPS) is 11.2. The van der Waals surface area contributed by atoms with Crippen molar-refractivity contribution >= 4 is 35.2 Å². The first-order valence-corrected chi connectivity index (χ1v) is 9.16. The quantitative estimate of drug-likeness (QED) is 0.300. The third-order valence-corrected chi connectivity index (χ3v) is 4.66. The molecule has 7 heteroatoms. The molecule has 0 unspecified atom stereocenters. The fraction of sp³-hybridized carbons (Fsp3) is 0.222. The zero-order chi connectivity index (χ0) is 18.1. The van der Waals surface area contributed by atoms with Crippen molar-refractivity contribution in [3.05, 3.63) is 64.7 Å². The van der Waals surface area contributed by atoms with E-state index in [1.807, 2.05) is 36.4 Å². The van der Waals surface area contributed by atoms with E-state index in [1.165, 1.54) is 4.90 Å². The maximum Gasteiger partial charge on any atom is 0.248 e. The highest BCUT2D eigenvalue weighted by Crippen LogP contribution is 2.19. The van der Waals surface area contributed by atoms with Crippen LogP contribution in [0.4, 0.5) is 0 Å². The van der Waals surface area contributed by atoms with Gasteiger partial charge in [0.1, 0.15) is 0 Å². The molecule has 5 nitrogen and oxygen atoms in total. The van der Waals surface area contributed by atoms with Crippen LogP contribution in [0.1, 0.15) is 15.9 Å². The van der Waals surface area contributed by atoms with Gasteiger partial charge in [-0.2, -0.15) is 0 Å². The van der Waals surface area contributed by atoms with E-state index in [2.05, 4.69) is 15.6 Å². The van der Waals surface area contributed by atoms with Crippen LogP contribution in [0, 0.1) is 0 Å². The van der Waals surface area contributed by atoms with Gasteiger partial charge in [0.25, 0.3) is 0 Å². The molecule has 0 radical (unpaired) electrons. The van der Waals surface area contributed by atoms with Crippen molar-refractivity contribution in [2.75, 3.05) is 19.3 Å². The Morgan fingerprint density at radius 2 is 1.80 bits per heavy atom. The minimum atomic E-state index is -0.421. The van der Waals surface area contributed by atoms with Gasteiger partial charge in [-0.1, -0.05) is 23.7 Å². The number of nitrogens with zero attached hydrogens (tertiary/aromatic N) is 1. The number of aliphatic imine (C=N–C) groups is 1. The first-order chi connectivity index (χ1) is 12.1. The SMILES string of the molecule is CN=C(NCCSc1ccc(Cl)cc1)NCc1ccc(C(N)=O)cc1. The number of thioether (sulfide) groups is 1. The number of carbonyl (C=O) groups is 1. The monoisotopic (exact) mass is 376 g/mol. The number of carbonyl (C=O) groups excluding carboxylic acids is 1. The molecule has 0 heterocycles. The summed E-state index contributed by atoms with van der Waals surface area (Å²) in [5.41, 5.74) is 6.78. The number of guanidine groups is 1.